The average molecular weight is 212 g/mol. The highest BCUT2D eigenvalue weighted by molar-refractivity contribution is 5.69. The Morgan fingerprint density at radius 1 is 1.20 bits per heavy atom. The van der Waals surface area contributed by atoms with Gasteiger partial charge in [-0.1, -0.05) is 45.6 Å². The molecule has 0 aliphatic carbocycles. The van der Waals surface area contributed by atoms with Crippen molar-refractivity contribution in [1.82, 2.24) is 0 Å². The molecule has 0 aromatic heterocycles. The molecule has 0 atom stereocenters. The van der Waals surface area contributed by atoms with E-state index in [4.69, 9.17) is 4.74 Å². The van der Waals surface area contributed by atoms with Gasteiger partial charge in [0.15, 0.2) is 0 Å². The third-order valence-electron chi connectivity index (χ3n) is 2.25. The number of ether oxygens (including phenoxy) is 1. The highest BCUT2D eigenvalue weighted by atomic mass is 16.5. The molecule has 2 heteroatoms. The molecule has 0 unspecified atom stereocenters. The maximum Gasteiger partial charge on any atom is 0.310 e. The first-order valence-corrected chi connectivity index (χ1v) is 5.97. The van der Waals surface area contributed by atoms with Crippen molar-refractivity contribution in [3.8, 4) is 0 Å². The van der Waals surface area contributed by atoms with E-state index in [9.17, 15) is 4.79 Å². The molecule has 0 fully saturated rings. The third kappa shape index (κ3) is 11.1. The van der Waals surface area contributed by atoms with Crippen LogP contribution in [-0.4, -0.2) is 5.97 Å². The minimum Gasteiger partial charge on any atom is -0.435 e. The molecule has 0 spiro atoms. The SMILES string of the molecule is CC=COC(=O)CCCCCCC(C)C. The maximum atomic E-state index is 11.1. The molecule has 0 bridgehead atoms. The molecule has 88 valence electrons. The van der Waals surface area contributed by atoms with E-state index in [0.29, 0.717) is 6.42 Å². The largest absolute Gasteiger partial charge is 0.435 e. The van der Waals surface area contributed by atoms with E-state index >= 15 is 0 Å². The fourth-order valence-electron chi connectivity index (χ4n) is 1.38. The number of allylic oxidation sites excluding steroid dienone is 1. The zero-order chi connectivity index (χ0) is 11.5. The Labute approximate surface area is 93.7 Å². The number of hydrogen-bond donors (Lipinski definition) is 0. The molecule has 0 heterocycles. The summed E-state index contributed by atoms with van der Waals surface area (Å²) in [4.78, 5) is 11.1. The molecule has 2 nitrogen and oxygen atoms in total. The summed E-state index contributed by atoms with van der Waals surface area (Å²) in [6.07, 6.45) is 9.61. The van der Waals surface area contributed by atoms with E-state index < -0.39 is 0 Å². The van der Waals surface area contributed by atoms with Crippen LogP contribution >= 0.6 is 0 Å². The summed E-state index contributed by atoms with van der Waals surface area (Å²) >= 11 is 0. The van der Waals surface area contributed by atoms with Crippen LogP contribution in [0, 0.1) is 5.92 Å². The van der Waals surface area contributed by atoms with Crippen LogP contribution in [0.3, 0.4) is 0 Å². The molecule has 0 aromatic carbocycles. The van der Waals surface area contributed by atoms with Crippen LogP contribution in [0.25, 0.3) is 0 Å². The Kier molecular flexibility index (Phi) is 9.24. The lowest BCUT2D eigenvalue weighted by Crippen LogP contribution is -1.98. The zero-order valence-corrected chi connectivity index (χ0v) is 10.3. The molecular weight excluding hydrogens is 188 g/mol. The van der Waals surface area contributed by atoms with Gasteiger partial charge in [0, 0.05) is 6.42 Å². The number of hydrogen-bond acceptors (Lipinski definition) is 2. The Hall–Kier alpha value is -0.790. The molecule has 0 amide bonds. The Bertz CT molecular complexity index is 183. The predicted molar refractivity (Wildman–Crippen MR) is 63.4 cm³/mol. The molecule has 0 saturated heterocycles. The Balaban J connectivity index is 3.20. The van der Waals surface area contributed by atoms with Crippen LogP contribution in [0.1, 0.15) is 59.3 Å². The van der Waals surface area contributed by atoms with E-state index in [-0.39, 0.29) is 5.97 Å². The quantitative estimate of drug-likeness (QED) is 0.344. The van der Waals surface area contributed by atoms with Crippen LogP contribution in [0.15, 0.2) is 12.3 Å². The van der Waals surface area contributed by atoms with Crippen LogP contribution < -0.4 is 0 Å². The highest BCUT2D eigenvalue weighted by Crippen LogP contribution is 2.10. The van der Waals surface area contributed by atoms with Gasteiger partial charge in [-0.25, -0.2) is 0 Å². The van der Waals surface area contributed by atoms with E-state index in [2.05, 4.69) is 13.8 Å². The van der Waals surface area contributed by atoms with E-state index in [1.165, 1.54) is 25.5 Å². The van der Waals surface area contributed by atoms with Gasteiger partial charge in [-0.05, 0) is 19.3 Å². The van der Waals surface area contributed by atoms with Crippen molar-refractivity contribution in [3.05, 3.63) is 12.3 Å². The van der Waals surface area contributed by atoms with Crippen LogP contribution in [0.2, 0.25) is 0 Å². The van der Waals surface area contributed by atoms with Gasteiger partial charge in [0.1, 0.15) is 0 Å². The van der Waals surface area contributed by atoms with Crippen molar-refractivity contribution in [1.29, 1.82) is 0 Å². The summed E-state index contributed by atoms with van der Waals surface area (Å²) in [5.74, 6) is 0.682. The average Bonchev–Trinajstić information content (AvgIpc) is 2.19. The lowest BCUT2D eigenvalue weighted by molar-refractivity contribution is -0.138. The first kappa shape index (κ1) is 14.2. The van der Waals surface area contributed by atoms with Gasteiger partial charge in [0.05, 0.1) is 6.26 Å². The molecule has 0 aliphatic heterocycles. The fraction of sp³-hybridized carbons (Fsp3) is 0.769. The van der Waals surface area contributed by atoms with Gasteiger partial charge in [-0.15, -0.1) is 0 Å². The van der Waals surface area contributed by atoms with E-state index in [1.807, 2.05) is 6.92 Å². The van der Waals surface area contributed by atoms with Crippen molar-refractivity contribution < 1.29 is 9.53 Å². The number of rotatable bonds is 8. The van der Waals surface area contributed by atoms with E-state index in [1.54, 1.807) is 6.08 Å². The minimum absolute atomic E-state index is 0.114. The first-order valence-electron chi connectivity index (χ1n) is 5.97. The smallest absolute Gasteiger partial charge is 0.310 e. The zero-order valence-electron chi connectivity index (χ0n) is 10.3. The topological polar surface area (TPSA) is 26.3 Å². The van der Waals surface area contributed by atoms with Crippen LogP contribution in [-0.2, 0) is 9.53 Å². The van der Waals surface area contributed by atoms with Gasteiger partial charge in [0.2, 0.25) is 0 Å². The van der Waals surface area contributed by atoms with Crippen molar-refractivity contribution in [3.63, 3.8) is 0 Å². The lowest BCUT2D eigenvalue weighted by atomic mass is 10.0. The molecule has 0 saturated carbocycles. The summed E-state index contributed by atoms with van der Waals surface area (Å²) in [6.45, 7) is 6.32. The fourth-order valence-corrected chi connectivity index (χ4v) is 1.38. The molecule has 0 rings (SSSR count). The number of carbonyl (C=O) groups is 1. The van der Waals surface area contributed by atoms with E-state index in [0.717, 1.165) is 18.8 Å². The summed E-state index contributed by atoms with van der Waals surface area (Å²) in [6, 6.07) is 0. The van der Waals surface area contributed by atoms with Crippen molar-refractivity contribution in [2.45, 2.75) is 59.3 Å². The molecule has 0 radical (unpaired) electrons. The first-order chi connectivity index (χ1) is 7.16. The van der Waals surface area contributed by atoms with Gasteiger partial charge in [-0.3, -0.25) is 4.79 Å². The second kappa shape index (κ2) is 9.75. The predicted octanol–water partition coefficient (Wildman–Crippen LogP) is 4.06. The number of esters is 1. The maximum absolute atomic E-state index is 11.1. The summed E-state index contributed by atoms with van der Waals surface area (Å²) in [7, 11) is 0. The molecule has 15 heavy (non-hydrogen) atoms. The van der Waals surface area contributed by atoms with Gasteiger partial charge < -0.3 is 4.74 Å². The summed E-state index contributed by atoms with van der Waals surface area (Å²) in [5, 5.41) is 0. The lowest BCUT2D eigenvalue weighted by Gasteiger charge is -2.03. The van der Waals surface area contributed by atoms with Crippen LogP contribution in [0.5, 0.6) is 0 Å². The van der Waals surface area contributed by atoms with Gasteiger partial charge in [-0.2, -0.15) is 0 Å². The van der Waals surface area contributed by atoms with Crippen LogP contribution in [0.4, 0.5) is 0 Å². The van der Waals surface area contributed by atoms with Gasteiger partial charge in [0.25, 0.3) is 0 Å². The molecule has 0 aliphatic rings. The third-order valence-corrected chi connectivity index (χ3v) is 2.25. The van der Waals surface area contributed by atoms with Crippen molar-refractivity contribution in [2.75, 3.05) is 0 Å². The molecular formula is C13H24O2. The second-order valence-electron chi connectivity index (χ2n) is 4.31. The van der Waals surface area contributed by atoms with Crippen molar-refractivity contribution >= 4 is 5.97 Å². The summed E-state index contributed by atoms with van der Waals surface area (Å²) in [5.41, 5.74) is 0. The molecule has 0 N–H and O–H groups in total. The van der Waals surface area contributed by atoms with Crippen molar-refractivity contribution in [2.24, 2.45) is 5.92 Å². The summed E-state index contributed by atoms with van der Waals surface area (Å²) < 4.78 is 4.82. The Morgan fingerprint density at radius 2 is 1.87 bits per heavy atom. The normalized spacial score (nSPS) is 11.2. The molecule has 0 aromatic rings. The van der Waals surface area contributed by atoms with Gasteiger partial charge >= 0.3 is 5.97 Å². The standard InChI is InChI=1S/C13H24O2/c1-4-11-15-13(14)10-8-6-5-7-9-12(2)3/h4,11-12H,5-10H2,1-3H3. The monoisotopic (exact) mass is 212 g/mol. The second-order valence-corrected chi connectivity index (χ2v) is 4.31. The minimum atomic E-state index is -0.114. The number of carbonyl (C=O) groups excluding carboxylic acids is 1. The Morgan fingerprint density at radius 3 is 2.47 bits per heavy atom. The highest BCUT2D eigenvalue weighted by Gasteiger charge is 2.00. The number of unbranched alkanes of at least 4 members (excludes halogenated alkanes) is 3.